The van der Waals surface area contributed by atoms with Crippen molar-refractivity contribution >= 4 is 0 Å². The molecule has 0 unspecified atom stereocenters. The van der Waals surface area contributed by atoms with Crippen molar-refractivity contribution in [1.82, 2.24) is 0 Å². The van der Waals surface area contributed by atoms with Crippen LogP contribution in [0.3, 0.4) is 0 Å². The van der Waals surface area contributed by atoms with Gasteiger partial charge in [0.05, 0.1) is 11.1 Å². The molecule has 0 N–H and O–H groups in total. The second-order valence-corrected chi connectivity index (χ2v) is 5.70. The van der Waals surface area contributed by atoms with E-state index in [0.717, 1.165) is 24.3 Å². The maximum absolute atomic E-state index is 13.0. The molecule has 3 aromatic carbocycles. The van der Waals surface area contributed by atoms with Gasteiger partial charge < -0.3 is 0 Å². The van der Waals surface area contributed by atoms with Crippen molar-refractivity contribution in [3.05, 3.63) is 83.9 Å². The van der Waals surface area contributed by atoms with Gasteiger partial charge in [-0.25, -0.2) is 0 Å². The molecule has 0 saturated carbocycles. The molecule has 0 heterocycles. The molecule has 0 amide bonds. The average Bonchev–Trinajstić information content (AvgIpc) is 2.60. The molecule has 0 fully saturated rings. The molecule has 0 spiro atoms. The van der Waals surface area contributed by atoms with Gasteiger partial charge in [-0.05, 0) is 46.5 Å². The topological polar surface area (TPSA) is 0 Å². The highest BCUT2D eigenvalue weighted by molar-refractivity contribution is 5.83. The van der Waals surface area contributed by atoms with Gasteiger partial charge in [-0.15, -0.1) is 0 Å². The first-order chi connectivity index (χ1) is 12.2. The van der Waals surface area contributed by atoms with Crippen molar-refractivity contribution in [2.45, 2.75) is 12.4 Å². The number of benzene rings is 3. The monoisotopic (exact) mass is 366 g/mol. The lowest BCUT2D eigenvalue weighted by Gasteiger charge is -2.14. The molecule has 0 aliphatic rings. The fraction of sp³-hybridized carbons (Fsp3) is 0.100. The Morgan fingerprint density at radius 3 is 1.19 bits per heavy atom. The van der Waals surface area contributed by atoms with Gasteiger partial charge >= 0.3 is 12.4 Å². The van der Waals surface area contributed by atoms with E-state index in [1.165, 1.54) is 24.3 Å². The Balaban J connectivity index is 2.14. The normalized spacial score (nSPS) is 12.2. The van der Waals surface area contributed by atoms with E-state index in [2.05, 4.69) is 0 Å². The van der Waals surface area contributed by atoms with Crippen molar-refractivity contribution in [3.8, 4) is 22.3 Å². The maximum atomic E-state index is 13.0. The van der Waals surface area contributed by atoms with E-state index in [-0.39, 0.29) is 11.1 Å². The third-order valence-corrected chi connectivity index (χ3v) is 3.93. The van der Waals surface area contributed by atoms with Gasteiger partial charge in [0.2, 0.25) is 0 Å². The number of hydrogen-bond acceptors (Lipinski definition) is 0. The molecular weight excluding hydrogens is 354 g/mol. The summed E-state index contributed by atoms with van der Waals surface area (Å²) in [6, 6.07) is 15.9. The number of halogens is 6. The van der Waals surface area contributed by atoms with E-state index in [9.17, 15) is 26.3 Å². The van der Waals surface area contributed by atoms with Gasteiger partial charge in [0.15, 0.2) is 0 Å². The lowest BCUT2D eigenvalue weighted by atomic mass is 9.93. The van der Waals surface area contributed by atoms with Crippen LogP contribution in [0.5, 0.6) is 0 Å². The molecule has 0 bridgehead atoms. The van der Waals surface area contributed by atoms with Crippen molar-refractivity contribution in [3.63, 3.8) is 0 Å². The fourth-order valence-corrected chi connectivity index (χ4v) is 2.71. The van der Waals surface area contributed by atoms with Gasteiger partial charge in [-0.1, -0.05) is 48.5 Å². The smallest absolute Gasteiger partial charge is 0.166 e. The number of hydrogen-bond donors (Lipinski definition) is 0. The summed E-state index contributed by atoms with van der Waals surface area (Å²) in [6.07, 6.45) is -9.00. The van der Waals surface area contributed by atoms with Crippen molar-refractivity contribution in [2.75, 3.05) is 0 Å². The predicted octanol–water partition coefficient (Wildman–Crippen LogP) is 7.06. The first kappa shape index (κ1) is 18.0. The summed E-state index contributed by atoms with van der Waals surface area (Å²) in [7, 11) is 0. The van der Waals surface area contributed by atoms with E-state index >= 15 is 0 Å². The first-order valence-electron chi connectivity index (χ1n) is 7.60. The van der Waals surface area contributed by atoms with Crippen LogP contribution in [-0.2, 0) is 12.4 Å². The highest BCUT2D eigenvalue weighted by atomic mass is 19.4. The summed E-state index contributed by atoms with van der Waals surface area (Å²) in [5.41, 5.74) is -0.195. The van der Waals surface area contributed by atoms with Crippen LogP contribution in [-0.4, -0.2) is 0 Å². The molecule has 134 valence electrons. The standard InChI is InChI=1S/C20H12F6/c21-19(22,23)15-7-3-5-13(11-15)17-9-1-2-10-18(17)14-6-4-8-16(12-14)20(24,25)26/h1-12H. The molecule has 0 aliphatic heterocycles. The van der Waals surface area contributed by atoms with Crippen LogP contribution in [0, 0.1) is 0 Å². The van der Waals surface area contributed by atoms with Crippen LogP contribution in [0.1, 0.15) is 11.1 Å². The summed E-state index contributed by atoms with van der Waals surface area (Å²) >= 11 is 0. The van der Waals surface area contributed by atoms with Crippen molar-refractivity contribution in [1.29, 1.82) is 0 Å². The van der Waals surface area contributed by atoms with Crippen LogP contribution in [0.25, 0.3) is 22.3 Å². The molecule has 6 heteroatoms. The van der Waals surface area contributed by atoms with Crippen LogP contribution in [0.15, 0.2) is 72.8 Å². The number of rotatable bonds is 2. The zero-order valence-electron chi connectivity index (χ0n) is 13.2. The molecule has 0 radical (unpaired) electrons. The third-order valence-electron chi connectivity index (χ3n) is 3.93. The quantitative estimate of drug-likeness (QED) is 0.426. The molecule has 0 saturated heterocycles. The van der Waals surface area contributed by atoms with Gasteiger partial charge in [-0.2, -0.15) is 26.3 Å². The van der Waals surface area contributed by atoms with Crippen molar-refractivity contribution < 1.29 is 26.3 Å². The largest absolute Gasteiger partial charge is 0.416 e. The lowest BCUT2D eigenvalue weighted by molar-refractivity contribution is -0.138. The minimum atomic E-state index is -4.50. The summed E-state index contributed by atoms with van der Waals surface area (Å²) in [5.74, 6) is 0. The Hall–Kier alpha value is -2.76. The van der Waals surface area contributed by atoms with Crippen LogP contribution >= 0.6 is 0 Å². The van der Waals surface area contributed by atoms with E-state index in [1.54, 1.807) is 24.3 Å². The first-order valence-corrected chi connectivity index (χ1v) is 7.60. The Morgan fingerprint density at radius 2 is 0.846 bits per heavy atom. The highest BCUT2D eigenvalue weighted by Crippen LogP contribution is 2.38. The second-order valence-electron chi connectivity index (χ2n) is 5.70. The average molecular weight is 366 g/mol. The molecule has 3 aromatic rings. The van der Waals surface area contributed by atoms with Crippen molar-refractivity contribution in [2.24, 2.45) is 0 Å². The van der Waals surface area contributed by atoms with Crippen LogP contribution < -0.4 is 0 Å². The SMILES string of the molecule is FC(F)(F)c1cccc(-c2ccccc2-c2cccc(C(F)(F)F)c2)c1. The fourth-order valence-electron chi connectivity index (χ4n) is 2.71. The molecular formula is C20H12F6. The summed E-state index contributed by atoms with van der Waals surface area (Å²) in [5, 5.41) is 0. The second kappa shape index (κ2) is 6.52. The predicted molar refractivity (Wildman–Crippen MR) is 87.3 cm³/mol. The minimum Gasteiger partial charge on any atom is -0.166 e. The summed E-state index contributed by atoms with van der Waals surface area (Å²) < 4.78 is 77.8. The molecule has 0 atom stereocenters. The van der Waals surface area contributed by atoms with Crippen LogP contribution in [0.4, 0.5) is 26.3 Å². The minimum absolute atomic E-state index is 0.285. The number of alkyl halides is 6. The van der Waals surface area contributed by atoms with Crippen LogP contribution in [0.2, 0.25) is 0 Å². The molecule has 26 heavy (non-hydrogen) atoms. The Labute approximate surface area is 145 Å². The zero-order valence-corrected chi connectivity index (χ0v) is 13.2. The van der Waals surface area contributed by atoms with Gasteiger partial charge in [-0.3, -0.25) is 0 Å². The van der Waals surface area contributed by atoms with Gasteiger partial charge in [0.25, 0.3) is 0 Å². The summed E-state index contributed by atoms with van der Waals surface area (Å²) in [4.78, 5) is 0. The molecule has 3 rings (SSSR count). The van der Waals surface area contributed by atoms with E-state index in [1.807, 2.05) is 0 Å². The highest BCUT2D eigenvalue weighted by Gasteiger charge is 2.31. The Bertz CT molecular complexity index is 845. The van der Waals surface area contributed by atoms with E-state index in [4.69, 9.17) is 0 Å². The Morgan fingerprint density at radius 1 is 0.462 bits per heavy atom. The third kappa shape index (κ3) is 3.74. The van der Waals surface area contributed by atoms with E-state index < -0.39 is 23.5 Å². The van der Waals surface area contributed by atoms with Gasteiger partial charge in [0.1, 0.15) is 0 Å². The lowest BCUT2D eigenvalue weighted by Crippen LogP contribution is -2.05. The van der Waals surface area contributed by atoms with E-state index in [0.29, 0.717) is 11.1 Å². The summed E-state index contributed by atoms with van der Waals surface area (Å²) in [6.45, 7) is 0. The molecule has 0 aromatic heterocycles. The molecule has 0 nitrogen and oxygen atoms in total. The van der Waals surface area contributed by atoms with Gasteiger partial charge in [0, 0.05) is 0 Å². The maximum Gasteiger partial charge on any atom is 0.416 e. The zero-order chi connectivity index (χ0) is 18.9. The molecule has 0 aliphatic carbocycles. The Kier molecular flexibility index (Phi) is 4.52.